The third kappa shape index (κ3) is 3.03. The quantitative estimate of drug-likeness (QED) is 0.900. The Morgan fingerprint density at radius 3 is 3.07 bits per heavy atom. The summed E-state index contributed by atoms with van der Waals surface area (Å²) in [6.45, 7) is 6.97. The number of nitrogens with one attached hydrogen (secondary N) is 1. The summed E-state index contributed by atoms with van der Waals surface area (Å²) < 4.78 is 1.21. The molecule has 1 atom stereocenters. The van der Waals surface area contributed by atoms with Crippen LogP contribution in [0.15, 0.2) is 15.9 Å². The van der Waals surface area contributed by atoms with Crippen molar-refractivity contribution in [3.05, 3.63) is 20.8 Å². The topological polar surface area (TPSA) is 15.3 Å². The van der Waals surface area contributed by atoms with E-state index in [0.29, 0.717) is 6.04 Å². The maximum absolute atomic E-state index is 3.52. The smallest absolute Gasteiger partial charge is 0.0414 e. The van der Waals surface area contributed by atoms with Crippen LogP contribution >= 0.6 is 27.3 Å². The number of rotatable bonds is 2. The molecule has 1 aromatic rings. The highest BCUT2D eigenvalue weighted by atomic mass is 79.9. The summed E-state index contributed by atoms with van der Waals surface area (Å²) in [4.78, 5) is 4.03. The largest absolute Gasteiger partial charge is 0.315 e. The first-order valence-corrected chi connectivity index (χ1v) is 7.13. The van der Waals surface area contributed by atoms with Gasteiger partial charge in [0.25, 0.3) is 0 Å². The predicted molar refractivity (Wildman–Crippen MR) is 69.5 cm³/mol. The van der Waals surface area contributed by atoms with Crippen molar-refractivity contribution in [3.63, 3.8) is 0 Å². The minimum Gasteiger partial charge on any atom is -0.315 e. The van der Waals surface area contributed by atoms with Crippen LogP contribution in [0.3, 0.4) is 0 Å². The molecule has 2 nitrogen and oxygen atoms in total. The van der Waals surface area contributed by atoms with Gasteiger partial charge in [-0.05, 0) is 41.9 Å². The van der Waals surface area contributed by atoms with Gasteiger partial charge in [0.1, 0.15) is 0 Å². The average molecular weight is 289 g/mol. The van der Waals surface area contributed by atoms with Gasteiger partial charge in [0.05, 0.1) is 0 Å². The first kappa shape index (κ1) is 11.6. The molecule has 1 fully saturated rings. The number of halogens is 1. The number of hydrogen-bond donors (Lipinski definition) is 1. The molecule has 4 heteroatoms. The van der Waals surface area contributed by atoms with Crippen LogP contribution in [-0.4, -0.2) is 31.1 Å². The van der Waals surface area contributed by atoms with Crippen LogP contribution in [0.25, 0.3) is 0 Å². The molecule has 2 heterocycles. The third-order valence-corrected chi connectivity index (χ3v) is 4.79. The van der Waals surface area contributed by atoms with Gasteiger partial charge in [-0.2, -0.15) is 0 Å². The molecule has 1 saturated heterocycles. The van der Waals surface area contributed by atoms with Gasteiger partial charge in [0.2, 0.25) is 0 Å². The Kier molecular flexibility index (Phi) is 4.20. The second kappa shape index (κ2) is 5.43. The van der Waals surface area contributed by atoms with Crippen LogP contribution in [-0.2, 0) is 0 Å². The summed E-state index contributed by atoms with van der Waals surface area (Å²) in [6.07, 6.45) is 1.26. The first-order valence-electron chi connectivity index (χ1n) is 5.46. The lowest BCUT2D eigenvalue weighted by Crippen LogP contribution is -2.30. The van der Waals surface area contributed by atoms with Crippen molar-refractivity contribution in [1.82, 2.24) is 10.2 Å². The lowest BCUT2D eigenvalue weighted by atomic mass is 10.2. The maximum atomic E-state index is 3.52. The van der Waals surface area contributed by atoms with E-state index >= 15 is 0 Å². The van der Waals surface area contributed by atoms with Crippen molar-refractivity contribution in [3.8, 4) is 0 Å². The molecule has 2 rings (SSSR count). The zero-order chi connectivity index (χ0) is 10.7. The molecule has 0 aliphatic carbocycles. The molecule has 15 heavy (non-hydrogen) atoms. The molecular weight excluding hydrogens is 272 g/mol. The normalized spacial score (nSPS) is 21.2. The number of thiophene rings is 1. The Labute approximate surface area is 104 Å². The Hall–Kier alpha value is 0.1000. The molecule has 0 aromatic carbocycles. The minimum atomic E-state index is 0.557. The van der Waals surface area contributed by atoms with E-state index in [0.717, 1.165) is 19.6 Å². The average Bonchev–Trinajstić information content (AvgIpc) is 2.53. The molecule has 0 radical (unpaired) electrons. The second-order valence-electron chi connectivity index (χ2n) is 3.98. The summed E-state index contributed by atoms with van der Waals surface area (Å²) >= 11 is 5.37. The van der Waals surface area contributed by atoms with Gasteiger partial charge in [0, 0.05) is 40.4 Å². The van der Waals surface area contributed by atoms with Crippen molar-refractivity contribution in [2.45, 2.75) is 19.4 Å². The molecule has 1 unspecified atom stereocenters. The molecule has 84 valence electrons. The van der Waals surface area contributed by atoms with Gasteiger partial charge in [-0.3, -0.25) is 4.90 Å². The highest BCUT2D eigenvalue weighted by Crippen LogP contribution is 2.29. The van der Waals surface area contributed by atoms with Gasteiger partial charge in [-0.1, -0.05) is 0 Å². The lowest BCUT2D eigenvalue weighted by molar-refractivity contribution is 0.228. The summed E-state index contributed by atoms with van der Waals surface area (Å²) in [5.74, 6) is 0. The molecule has 0 bridgehead atoms. The van der Waals surface area contributed by atoms with Gasteiger partial charge in [0.15, 0.2) is 0 Å². The SMILES string of the molecule is CC(c1cc(Br)cs1)N1CCCNCC1. The molecule has 0 saturated carbocycles. The van der Waals surface area contributed by atoms with Crippen molar-refractivity contribution < 1.29 is 0 Å². The second-order valence-corrected chi connectivity index (χ2v) is 5.84. The fourth-order valence-corrected chi connectivity index (χ4v) is 3.52. The summed E-state index contributed by atoms with van der Waals surface area (Å²) in [5.41, 5.74) is 0. The summed E-state index contributed by atoms with van der Waals surface area (Å²) in [7, 11) is 0. The zero-order valence-corrected chi connectivity index (χ0v) is 11.4. The van der Waals surface area contributed by atoms with Crippen molar-refractivity contribution in [2.75, 3.05) is 26.2 Å². The fourth-order valence-electron chi connectivity index (χ4n) is 1.98. The zero-order valence-electron chi connectivity index (χ0n) is 9.00. The van der Waals surface area contributed by atoms with Crippen molar-refractivity contribution >= 4 is 27.3 Å². The van der Waals surface area contributed by atoms with Crippen LogP contribution < -0.4 is 5.32 Å². The van der Waals surface area contributed by atoms with E-state index < -0.39 is 0 Å². The van der Waals surface area contributed by atoms with Gasteiger partial charge < -0.3 is 5.32 Å². The lowest BCUT2D eigenvalue weighted by Gasteiger charge is -2.26. The summed E-state index contributed by atoms with van der Waals surface area (Å²) in [6, 6.07) is 2.80. The first-order chi connectivity index (χ1) is 7.27. The molecule has 1 aliphatic heterocycles. The standard InChI is InChI=1S/C11H17BrN2S/c1-9(11-7-10(12)8-15-11)14-5-2-3-13-4-6-14/h7-9,13H,2-6H2,1H3. The number of nitrogens with zero attached hydrogens (tertiary/aromatic N) is 1. The van der Waals surface area contributed by atoms with E-state index in [1.54, 1.807) is 0 Å². The fraction of sp³-hybridized carbons (Fsp3) is 0.636. The molecule has 0 spiro atoms. The van der Waals surface area contributed by atoms with E-state index in [1.807, 2.05) is 11.3 Å². The van der Waals surface area contributed by atoms with Gasteiger partial charge >= 0.3 is 0 Å². The maximum Gasteiger partial charge on any atom is 0.0414 e. The van der Waals surface area contributed by atoms with Crippen LogP contribution in [0.2, 0.25) is 0 Å². The summed E-state index contributed by atoms with van der Waals surface area (Å²) in [5, 5.41) is 5.61. The van der Waals surface area contributed by atoms with Crippen LogP contribution in [0.4, 0.5) is 0 Å². The molecule has 1 aliphatic rings. The Morgan fingerprint density at radius 2 is 2.33 bits per heavy atom. The van der Waals surface area contributed by atoms with E-state index in [4.69, 9.17) is 0 Å². The minimum absolute atomic E-state index is 0.557. The molecular formula is C11H17BrN2S. The van der Waals surface area contributed by atoms with Crippen molar-refractivity contribution in [1.29, 1.82) is 0 Å². The molecule has 0 amide bonds. The molecule has 1 N–H and O–H groups in total. The Bertz CT molecular complexity index is 305. The van der Waals surface area contributed by atoms with Crippen LogP contribution in [0.1, 0.15) is 24.3 Å². The van der Waals surface area contributed by atoms with E-state index in [9.17, 15) is 0 Å². The third-order valence-electron chi connectivity index (χ3n) is 2.92. The van der Waals surface area contributed by atoms with E-state index in [1.165, 1.54) is 22.3 Å². The van der Waals surface area contributed by atoms with E-state index in [2.05, 4.69) is 44.5 Å². The predicted octanol–water partition coefficient (Wildman–Crippen LogP) is 2.87. The van der Waals surface area contributed by atoms with Crippen LogP contribution in [0.5, 0.6) is 0 Å². The van der Waals surface area contributed by atoms with Crippen LogP contribution in [0, 0.1) is 0 Å². The monoisotopic (exact) mass is 288 g/mol. The molecule has 1 aromatic heterocycles. The van der Waals surface area contributed by atoms with Gasteiger partial charge in [-0.15, -0.1) is 11.3 Å². The Morgan fingerprint density at radius 1 is 1.47 bits per heavy atom. The van der Waals surface area contributed by atoms with Gasteiger partial charge in [-0.25, -0.2) is 0 Å². The highest BCUT2D eigenvalue weighted by molar-refractivity contribution is 9.10. The highest BCUT2D eigenvalue weighted by Gasteiger charge is 2.18. The van der Waals surface area contributed by atoms with Crippen molar-refractivity contribution in [2.24, 2.45) is 0 Å². The Balaban J connectivity index is 2.02. The number of hydrogen-bond acceptors (Lipinski definition) is 3. The van der Waals surface area contributed by atoms with E-state index in [-0.39, 0.29) is 0 Å².